The van der Waals surface area contributed by atoms with Crippen molar-refractivity contribution < 1.29 is 0 Å². The van der Waals surface area contributed by atoms with Crippen LogP contribution in [0.5, 0.6) is 0 Å². The summed E-state index contributed by atoms with van der Waals surface area (Å²) < 4.78 is 0. The second kappa shape index (κ2) is 4.81. The summed E-state index contributed by atoms with van der Waals surface area (Å²) in [5.74, 6) is 0. The minimum absolute atomic E-state index is 1.06. The SMILES string of the molecule is Cc1ccc2c(c1)C/C(=C\Cc1ccccc1)C2. The van der Waals surface area contributed by atoms with Crippen LogP contribution < -0.4 is 0 Å². The average Bonchev–Trinajstić information content (AvgIpc) is 2.79. The Labute approximate surface area is 109 Å². The molecule has 0 radical (unpaired) electrons. The van der Waals surface area contributed by atoms with E-state index in [4.69, 9.17) is 0 Å². The van der Waals surface area contributed by atoms with E-state index in [9.17, 15) is 0 Å². The van der Waals surface area contributed by atoms with Crippen molar-refractivity contribution in [3.05, 3.63) is 82.4 Å². The predicted molar refractivity (Wildman–Crippen MR) is 76.8 cm³/mol. The van der Waals surface area contributed by atoms with E-state index in [2.05, 4.69) is 61.5 Å². The fourth-order valence-electron chi connectivity index (χ4n) is 2.66. The summed E-state index contributed by atoms with van der Waals surface area (Å²) in [7, 11) is 0. The Morgan fingerprint density at radius 2 is 1.72 bits per heavy atom. The number of aryl methyl sites for hydroxylation is 1. The molecule has 3 rings (SSSR count). The van der Waals surface area contributed by atoms with Crippen molar-refractivity contribution in [1.82, 2.24) is 0 Å². The fourth-order valence-corrected chi connectivity index (χ4v) is 2.66. The molecule has 0 nitrogen and oxygen atoms in total. The maximum Gasteiger partial charge on any atom is -0.00607 e. The molecule has 0 heterocycles. The highest BCUT2D eigenvalue weighted by atomic mass is 14.2. The van der Waals surface area contributed by atoms with E-state index in [0.29, 0.717) is 0 Å². The third-order valence-electron chi connectivity index (χ3n) is 3.67. The van der Waals surface area contributed by atoms with Gasteiger partial charge in [0.1, 0.15) is 0 Å². The van der Waals surface area contributed by atoms with Crippen LogP contribution in [-0.4, -0.2) is 0 Å². The summed E-state index contributed by atoms with van der Waals surface area (Å²) in [4.78, 5) is 0. The van der Waals surface area contributed by atoms with Crippen LogP contribution in [0.3, 0.4) is 0 Å². The normalized spacial score (nSPS) is 15.9. The van der Waals surface area contributed by atoms with Gasteiger partial charge in [-0.25, -0.2) is 0 Å². The number of hydrogen-bond donors (Lipinski definition) is 0. The summed E-state index contributed by atoms with van der Waals surface area (Å²) in [6.45, 7) is 2.17. The molecule has 2 aromatic carbocycles. The van der Waals surface area contributed by atoms with Crippen LogP contribution in [0.15, 0.2) is 60.2 Å². The lowest BCUT2D eigenvalue weighted by atomic mass is 10.1. The van der Waals surface area contributed by atoms with Crippen molar-refractivity contribution in [2.45, 2.75) is 26.2 Å². The predicted octanol–water partition coefficient (Wildman–Crippen LogP) is 4.26. The first kappa shape index (κ1) is 11.3. The van der Waals surface area contributed by atoms with Crippen LogP contribution in [0.4, 0.5) is 0 Å². The lowest BCUT2D eigenvalue weighted by molar-refractivity contribution is 1.11. The van der Waals surface area contributed by atoms with Gasteiger partial charge in [-0.2, -0.15) is 0 Å². The minimum Gasteiger partial charge on any atom is -0.0803 e. The Bertz CT molecular complexity index is 576. The van der Waals surface area contributed by atoms with Gasteiger partial charge >= 0.3 is 0 Å². The number of fused-ring (bicyclic) bond motifs is 1. The van der Waals surface area contributed by atoms with E-state index in [-0.39, 0.29) is 0 Å². The van der Waals surface area contributed by atoms with E-state index in [1.54, 1.807) is 5.57 Å². The van der Waals surface area contributed by atoms with E-state index in [1.165, 1.54) is 22.3 Å². The molecule has 0 heteroatoms. The molecule has 0 unspecified atom stereocenters. The van der Waals surface area contributed by atoms with Crippen molar-refractivity contribution >= 4 is 0 Å². The molecule has 0 saturated carbocycles. The molecule has 0 saturated heterocycles. The van der Waals surface area contributed by atoms with Gasteiger partial charge in [-0.1, -0.05) is 65.7 Å². The number of hydrogen-bond acceptors (Lipinski definition) is 0. The third kappa shape index (κ3) is 2.38. The fraction of sp³-hybridized carbons (Fsp3) is 0.222. The Hall–Kier alpha value is -1.82. The van der Waals surface area contributed by atoms with Gasteiger partial charge < -0.3 is 0 Å². The molecule has 0 bridgehead atoms. The van der Waals surface area contributed by atoms with Gasteiger partial charge in [0, 0.05) is 0 Å². The topological polar surface area (TPSA) is 0 Å². The monoisotopic (exact) mass is 234 g/mol. The quantitative estimate of drug-likeness (QED) is 0.681. The van der Waals surface area contributed by atoms with Crippen molar-refractivity contribution in [3.8, 4) is 0 Å². The zero-order chi connectivity index (χ0) is 12.4. The molecule has 0 aromatic heterocycles. The van der Waals surface area contributed by atoms with Crippen LogP contribution in [0.25, 0.3) is 0 Å². The molecule has 18 heavy (non-hydrogen) atoms. The molecule has 0 spiro atoms. The summed E-state index contributed by atoms with van der Waals surface area (Å²) in [6, 6.07) is 17.5. The van der Waals surface area contributed by atoms with Gasteiger partial charge in [0.2, 0.25) is 0 Å². The summed E-state index contributed by atoms with van der Waals surface area (Å²) in [5.41, 5.74) is 7.38. The molecule has 2 aromatic rings. The largest absolute Gasteiger partial charge is 0.0803 e. The highest BCUT2D eigenvalue weighted by molar-refractivity contribution is 5.43. The summed E-state index contributed by atoms with van der Waals surface area (Å²) >= 11 is 0. The van der Waals surface area contributed by atoms with Gasteiger partial charge in [-0.05, 0) is 42.9 Å². The van der Waals surface area contributed by atoms with Crippen LogP contribution in [0.1, 0.15) is 22.3 Å². The lowest BCUT2D eigenvalue weighted by Gasteiger charge is -1.98. The molecule has 0 aliphatic heterocycles. The van der Waals surface area contributed by atoms with E-state index >= 15 is 0 Å². The van der Waals surface area contributed by atoms with Crippen LogP contribution in [-0.2, 0) is 19.3 Å². The summed E-state index contributed by atoms with van der Waals surface area (Å²) in [6.07, 6.45) is 5.75. The van der Waals surface area contributed by atoms with E-state index in [1.807, 2.05) is 0 Å². The van der Waals surface area contributed by atoms with Crippen molar-refractivity contribution in [2.75, 3.05) is 0 Å². The zero-order valence-corrected chi connectivity index (χ0v) is 10.8. The maximum absolute atomic E-state index is 2.41. The van der Waals surface area contributed by atoms with E-state index < -0.39 is 0 Å². The first-order valence-electron chi connectivity index (χ1n) is 6.61. The molecule has 1 aliphatic carbocycles. The molecule has 0 N–H and O–H groups in total. The Balaban J connectivity index is 1.74. The number of allylic oxidation sites excluding steroid dienone is 2. The lowest BCUT2D eigenvalue weighted by Crippen LogP contribution is -1.85. The molecule has 0 atom stereocenters. The molecule has 0 amide bonds. The molecular formula is C18H18. The van der Waals surface area contributed by atoms with Crippen LogP contribution >= 0.6 is 0 Å². The Morgan fingerprint density at radius 3 is 2.56 bits per heavy atom. The maximum atomic E-state index is 2.41. The average molecular weight is 234 g/mol. The van der Waals surface area contributed by atoms with Gasteiger partial charge in [0.15, 0.2) is 0 Å². The van der Waals surface area contributed by atoms with Gasteiger partial charge in [-0.3, -0.25) is 0 Å². The summed E-state index contributed by atoms with van der Waals surface area (Å²) in [5, 5.41) is 0. The first-order chi connectivity index (χ1) is 8.81. The smallest absolute Gasteiger partial charge is 0.00607 e. The third-order valence-corrected chi connectivity index (χ3v) is 3.67. The minimum atomic E-state index is 1.06. The van der Waals surface area contributed by atoms with Gasteiger partial charge in [-0.15, -0.1) is 0 Å². The van der Waals surface area contributed by atoms with Gasteiger partial charge in [0.25, 0.3) is 0 Å². The molecular weight excluding hydrogens is 216 g/mol. The highest BCUT2D eigenvalue weighted by Gasteiger charge is 2.14. The first-order valence-corrected chi connectivity index (χ1v) is 6.61. The van der Waals surface area contributed by atoms with Crippen molar-refractivity contribution in [1.29, 1.82) is 0 Å². The van der Waals surface area contributed by atoms with Crippen molar-refractivity contribution in [2.24, 2.45) is 0 Å². The number of rotatable bonds is 2. The Kier molecular flexibility index (Phi) is 3.02. The second-order valence-electron chi connectivity index (χ2n) is 5.18. The molecule has 90 valence electrons. The molecule has 1 aliphatic rings. The van der Waals surface area contributed by atoms with Crippen molar-refractivity contribution in [3.63, 3.8) is 0 Å². The van der Waals surface area contributed by atoms with Gasteiger partial charge in [0.05, 0.1) is 0 Å². The number of benzene rings is 2. The Morgan fingerprint density at radius 1 is 0.944 bits per heavy atom. The highest BCUT2D eigenvalue weighted by Crippen LogP contribution is 2.27. The molecule has 0 fully saturated rings. The van der Waals surface area contributed by atoms with E-state index in [0.717, 1.165) is 19.3 Å². The van der Waals surface area contributed by atoms with Crippen LogP contribution in [0.2, 0.25) is 0 Å². The zero-order valence-electron chi connectivity index (χ0n) is 10.8. The standard InChI is InChI=1S/C18H18/c1-14-7-10-17-12-16(13-18(17)11-14)9-8-15-5-3-2-4-6-15/h2-7,9-11H,8,12-13H2,1H3/b16-9-. The van der Waals surface area contributed by atoms with Crippen LogP contribution in [0, 0.1) is 6.92 Å². The second-order valence-corrected chi connectivity index (χ2v) is 5.18.